The first kappa shape index (κ1) is 24.2. The van der Waals surface area contributed by atoms with E-state index in [0.717, 1.165) is 11.6 Å². The molecule has 0 radical (unpaired) electrons. The number of hydrogen-bond donors (Lipinski definition) is 1. The Balaban J connectivity index is 1.42. The highest BCUT2D eigenvalue weighted by molar-refractivity contribution is 8.16. The lowest BCUT2D eigenvalue weighted by Gasteiger charge is -2.22. The van der Waals surface area contributed by atoms with Gasteiger partial charge in [0.2, 0.25) is 4.75 Å². The number of benzene rings is 3. The number of carbonyl (C=O) groups excluding carboxylic acids is 4. The third-order valence-corrected chi connectivity index (χ3v) is 6.42. The summed E-state index contributed by atoms with van der Waals surface area (Å²) in [5, 5.41) is 1.54. The SMILES string of the molecule is O=C1NC(=O)C(Cc2ccc(OCC(=O)c3cccc(F)c3)cc2)(C(=O)OCc2ccccc2)S1. The number of ether oxygens (including phenoxy) is 2. The van der Waals surface area contributed by atoms with Crippen LogP contribution >= 0.6 is 11.8 Å². The topological polar surface area (TPSA) is 98.8 Å². The van der Waals surface area contributed by atoms with Crippen LogP contribution in [0, 0.1) is 5.82 Å². The Bertz CT molecular complexity index is 1260. The van der Waals surface area contributed by atoms with Gasteiger partial charge in [0.1, 0.15) is 18.2 Å². The van der Waals surface area contributed by atoms with Crippen molar-refractivity contribution < 1.29 is 33.0 Å². The molecule has 1 fully saturated rings. The second-order valence-electron chi connectivity index (χ2n) is 7.78. The van der Waals surface area contributed by atoms with E-state index in [1.165, 1.54) is 18.2 Å². The first-order valence-electron chi connectivity index (χ1n) is 10.6. The Kier molecular flexibility index (Phi) is 7.26. The van der Waals surface area contributed by atoms with Crippen molar-refractivity contribution in [1.29, 1.82) is 0 Å². The maximum atomic E-state index is 13.3. The van der Waals surface area contributed by atoms with Gasteiger partial charge in [0, 0.05) is 12.0 Å². The van der Waals surface area contributed by atoms with Gasteiger partial charge in [-0.1, -0.05) is 54.6 Å². The predicted octanol–water partition coefficient (Wildman–Crippen LogP) is 4.10. The van der Waals surface area contributed by atoms with E-state index < -0.39 is 27.7 Å². The van der Waals surface area contributed by atoms with Crippen LogP contribution in [0.2, 0.25) is 0 Å². The minimum absolute atomic E-state index is 0.0322. The number of rotatable bonds is 9. The molecular formula is C26H20FNO6S. The molecule has 178 valence electrons. The quantitative estimate of drug-likeness (QED) is 0.272. The van der Waals surface area contributed by atoms with Crippen molar-refractivity contribution in [1.82, 2.24) is 5.32 Å². The minimum atomic E-state index is -1.75. The van der Waals surface area contributed by atoms with Crippen LogP contribution in [0.3, 0.4) is 0 Å². The second-order valence-corrected chi connectivity index (χ2v) is 9.05. The van der Waals surface area contributed by atoms with Crippen molar-refractivity contribution in [3.05, 3.63) is 101 Å². The molecule has 4 rings (SSSR count). The van der Waals surface area contributed by atoms with Crippen LogP contribution in [0.25, 0.3) is 0 Å². The van der Waals surface area contributed by atoms with Crippen LogP contribution < -0.4 is 10.1 Å². The van der Waals surface area contributed by atoms with Gasteiger partial charge in [-0.2, -0.15) is 0 Å². The van der Waals surface area contributed by atoms with Crippen LogP contribution in [0.15, 0.2) is 78.9 Å². The summed E-state index contributed by atoms with van der Waals surface area (Å²) >= 11 is 0.596. The van der Waals surface area contributed by atoms with E-state index in [1.807, 2.05) is 6.07 Å². The van der Waals surface area contributed by atoms with E-state index in [2.05, 4.69) is 5.32 Å². The molecule has 1 saturated heterocycles. The van der Waals surface area contributed by atoms with Crippen LogP contribution in [0.4, 0.5) is 9.18 Å². The molecule has 0 spiro atoms. The number of Topliss-reactive ketones (excluding diaryl/α,β-unsaturated/α-hetero) is 1. The second kappa shape index (κ2) is 10.5. The van der Waals surface area contributed by atoms with Gasteiger partial charge in [-0.15, -0.1) is 0 Å². The van der Waals surface area contributed by atoms with Gasteiger partial charge in [-0.05, 0) is 47.2 Å². The molecule has 9 heteroatoms. The Morgan fingerprint density at radius 2 is 1.66 bits per heavy atom. The average molecular weight is 494 g/mol. The van der Waals surface area contributed by atoms with E-state index in [4.69, 9.17) is 9.47 Å². The van der Waals surface area contributed by atoms with Crippen molar-refractivity contribution in [2.24, 2.45) is 0 Å². The van der Waals surface area contributed by atoms with Crippen LogP contribution in [0.5, 0.6) is 5.75 Å². The number of carbonyl (C=O) groups is 4. The number of imide groups is 1. The van der Waals surface area contributed by atoms with Gasteiger partial charge in [0.25, 0.3) is 11.1 Å². The van der Waals surface area contributed by atoms with Crippen molar-refractivity contribution in [2.45, 2.75) is 17.8 Å². The van der Waals surface area contributed by atoms with Gasteiger partial charge in [0.05, 0.1) is 0 Å². The summed E-state index contributed by atoms with van der Waals surface area (Å²) in [6, 6.07) is 20.7. The number of amides is 2. The molecule has 1 aliphatic rings. The number of thioether (sulfide) groups is 1. The monoisotopic (exact) mass is 493 g/mol. The smallest absolute Gasteiger partial charge is 0.333 e. The van der Waals surface area contributed by atoms with Gasteiger partial charge < -0.3 is 9.47 Å². The molecule has 1 N–H and O–H groups in total. The van der Waals surface area contributed by atoms with Crippen LogP contribution in [-0.2, 0) is 27.4 Å². The molecule has 0 saturated carbocycles. The standard InChI is InChI=1S/C26H20FNO6S/c27-20-8-4-7-19(13-20)22(29)16-33-21-11-9-17(10-12-21)14-26(23(30)28-25(32)35-26)24(31)34-15-18-5-2-1-3-6-18/h1-13H,14-16H2,(H,28,30,32). The summed E-state index contributed by atoms with van der Waals surface area (Å²) in [5.74, 6) is -2.06. The summed E-state index contributed by atoms with van der Waals surface area (Å²) < 4.78 is 22.4. The fourth-order valence-electron chi connectivity index (χ4n) is 3.47. The molecule has 3 aromatic carbocycles. The minimum Gasteiger partial charge on any atom is -0.485 e. The van der Waals surface area contributed by atoms with Gasteiger partial charge in [0.15, 0.2) is 12.4 Å². The Hall–Kier alpha value is -3.98. The molecular weight excluding hydrogens is 473 g/mol. The molecule has 1 unspecified atom stereocenters. The van der Waals surface area contributed by atoms with Crippen molar-refractivity contribution in [3.8, 4) is 5.75 Å². The number of hydrogen-bond acceptors (Lipinski definition) is 7. The lowest BCUT2D eigenvalue weighted by molar-refractivity contribution is -0.150. The van der Waals surface area contributed by atoms with Crippen molar-refractivity contribution in [2.75, 3.05) is 6.61 Å². The number of halogens is 1. The molecule has 1 aliphatic heterocycles. The van der Waals surface area contributed by atoms with E-state index in [1.54, 1.807) is 48.5 Å². The summed E-state index contributed by atoms with van der Waals surface area (Å²) in [5.41, 5.74) is 1.54. The average Bonchev–Trinajstić information content (AvgIpc) is 3.15. The van der Waals surface area contributed by atoms with Gasteiger partial charge in [-0.25, -0.2) is 9.18 Å². The maximum Gasteiger partial charge on any atom is 0.333 e. The highest BCUT2D eigenvalue weighted by Crippen LogP contribution is 2.37. The molecule has 0 aromatic heterocycles. The zero-order valence-corrected chi connectivity index (χ0v) is 19.2. The molecule has 3 aromatic rings. The lowest BCUT2D eigenvalue weighted by Crippen LogP contribution is -2.46. The molecule has 7 nitrogen and oxygen atoms in total. The number of nitrogens with one attached hydrogen (secondary N) is 1. The summed E-state index contributed by atoms with van der Waals surface area (Å²) in [6.07, 6.45) is -0.0780. The van der Waals surface area contributed by atoms with E-state index >= 15 is 0 Å². The summed E-state index contributed by atoms with van der Waals surface area (Å²) in [6.45, 7) is -0.319. The molecule has 1 atom stereocenters. The van der Waals surface area contributed by atoms with E-state index in [0.29, 0.717) is 23.1 Å². The highest BCUT2D eigenvalue weighted by atomic mass is 32.2. The molecule has 0 bridgehead atoms. The maximum absolute atomic E-state index is 13.3. The normalized spacial score (nSPS) is 17.1. The van der Waals surface area contributed by atoms with Crippen LogP contribution in [-0.4, -0.2) is 34.3 Å². The largest absolute Gasteiger partial charge is 0.485 e. The van der Waals surface area contributed by atoms with Crippen LogP contribution in [0.1, 0.15) is 21.5 Å². The van der Waals surface area contributed by atoms with E-state index in [9.17, 15) is 23.6 Å². The van der Waals surface area contributed by atoms with Gasteiger partial charge >= 0.3 is 5.97 Å². The Labute approximate surface area is 204 Å². The summed E-state index contributed by atoms with van der Waals surface area (Å²) in [7, 11) is 0. The number of esters is 1. The molecule has 0 aliphatic carbocycles. The first-order chi connectivity index (χ1) is 16.9. The zero-order chi connectivity index (χ0) is 24.8. The third kappa shape index (κ3) is 5.75. The Morgan fingerprint density at radius 1 is 0.914 bits per heavy atom. The third-order valence-electron chi connectivity index (χ3n) is 5.28. The van der Waals surface area contributed by atoms with E-state index in [-0.39, 0.29) is 31.0 Å². The highest BCUT2D eigenvalue weighted by Gasteiger charge is 2.55. The Morgan fingerprint density at radius 3 is 2.31 bits per heavy atom. The van der Waals surface area contributed by atoms with Crippen molar-refractivity contribution >= 4 is 34.7 Å². The number of ketones is 1. The zero-order valence-electron chi connectivity index (χ0n) is 18.4. The molecule has 1 heterocycles. The molecule has 35 heavy (non-hydrogen) atoms. The lowest BCUT2D eigenvalue weighted by atomic mass is 9.97. The fourth-order valence-corrected chi connectivity index (χ4v) is 4.46. The van der Waals surface area contributed by atoms with Crippen molar-refractivity contribution in [3.63, 3.8) is 0 Å². The fraction of sp³-hybridized carbons (Fsp3) is 0.154. The summed E-state index contributed by atoms with van der Waals surface area (Å²) in [4.78, 5) is 49.7. The first-order valence-corrected chi connectivity index (χ1v) is 11.4. The predicted molar refractivity (Wildman–Crippen MR) is 126 cm³/mol. The molecule has 2 amide bonds. The van der Waals surface area contributed by atoms with Gasteiger partial charge in [-0.3, -0.25) is 19.7 Å².